The van der Waals surface area contributed by atoms with E-state index in [4.69, 9.17) is 5.73 Å². The van der Waals surface area contributed by atoms with Crippen molar-refractivity contribution in [1.82, 2.24) is 5.32 Å². The molecule has 1 unspecified atom stereocenters. The first-order chi connectivity index (χ1) is 7.89. The van der Waals surface area contributed by atoms with Crippen molar-refractivity contribution < 1.29 is 4.79 Å². The first-order valence-corrected chi connectivity index (χ1v) is 6.06. The molecule has 3 nitrogen and oxygen atoms in total. The summed E-state index contributed by atoms with van der Waals surface area (Å²) in [7, 11) is 0. The molecular formula is C14H20N2O. The molecule has 1 atom stereocenters. The highest BCUT2D eigenvalue weighted by Gasteiger charge is 2.24. The van der Waals surface area contributed by atoms with Gasteiger partial charge in [-0.1, -0.05) is 32.9 Å². The van der Waals surface area contributed by atoms with E-state index >= 15 is 0 Å². The largest absolute Gasteiger partial charge is 0.352 e. The Kier molecular flexibility index (Phi) is 2.96. The van der Waals surface area contributed by atoms with Crippen molar-refractivity contribution in [1.29, 1.82) is 0 Å². The normalized spacial score (nSPS) is 17.3. The summed E-state index contributed by atoms with van der Waals surface area (Å²) in [4.78, 5) is 11.8. The van der Waals surface area contributed by atoms with Crippen LogP contribution in [-0.4, -0.2) is 12.5 Å². The molecule has 1 aliphatic rings. The molecule has 1 heterocycles. The Morgan fingerprint density at radius 3 is 2.71 bits per heavy atom. The van der Waals surface area contributed by atoms with Crippen molar-refractivity contribution in [2.75, 3.05) is 6.54 Å². The number of hydrogen-bond donors (Lipinski definition) is 2. The first kappa shape index (κ1) is 12.1. The molecule has 3 heteroatoms. The molecule has 1 aromatic carbocycles. The van der Waals surface area contributed by atoms with E-state index in [1.807, 2.05) is 18.2 Å². The van der Waals surface area contributed by atoms with Crippen LogP contribution in [0.2, 0.25) is 0 Å². The molecular weight excluding hydrogens is 212 g/mol. The molecule has 0 spiro atoms. The zero-order valence-corrected chi connectivity index (χ0v) is 10.7. The van der Waals surface area contributed by atoms with Gasteiger partial charge in [0.2, 0.25) is 0 Å². The highest BCUT2D eigenvalue weighted by atomic mass is 16.1. The average molecular weight is 232 g/mol. The molecule has 0 radical (unpaired) electrons. The van der Waals surface area contributed by atoms with Crippen LogP contribution in [-0.2, 0) is 6.42 Å². The predicted molar refractivity (Wildman–Crippen MR) is 68.9 cm³/mol. The van der Waals surface area contributed by atoms with Crippen LogP contribution in [0.1, 0.15) is 48.3 Å². The van der Waals surface area contributed by atoms with Crippen molar-refractivity contribution >= 4 is 5.91 Å². The minimum atomic E-state index is -0.0532. The number of nitrogens with one attached hydrogen (secondary N) is 1. The highest BCUT2D eigenvalue weighted by molar-refractivity contribution is 5.96. The fourth-order valence-corrected chi connectivity index (χ4v) is 2.12. The summed E-state index contributed by atoms with van der Waals surface area (Å²) in [5.74, 6) is 0.0224. The van der Waals surface area contributed by atoms with E-state index in [0.717, 1.165) is 29.7 Å². The van der Waals surface area contributed by atoms with Crippen LogP contribution in [0.3, 0.4) is 0 Å². The zero-order chi connectivity index (χ0) is 12.6. The third-order valence-corrected chi connectivity index (χ3v) is 3.35. The molecule has 92 valence electrons. The van der Waals surface area contributed by atoms with Crippen LogP contribution in [0.25, 0.3) is 0 Å². The van der Waals surface area contributed by atoms with Crippen LogP contribution in [0.5, 0.6) is 0 Å². The number of rotatable bonds is 1. The van der Waals surface area contributed by atoms with Gasteiger partial charge >= 0.3 is 0 Å². The number of benzene rings is 1. The van der Waals surface area contributed by atoms with Crippen LogP contribution in [0, 0.1) is 5.41 Å². The molecule has 1 aliphatic heterocycles. The number of carbonyl (C=O) groups is 1. The van der Waals surface area contributed by atoms with Gasteiger partial charge in [-0.15, -0.1) is 0 Å². The lowest BCUT2D eigenvalue weighted by atomic mass is 9.82. The molecule has 0 saturated heterocycles. The van der Waals surface area contributed by atoms with Crippen molar-refractivity contribution in [2.24, 2.45) is 11.1 Å². The first-order valence-electron chi connectivity index (χ1n) is 6.06. The summed E-state index contributed by atoms with van der Waals surface area (Å²) < 4.78 is 0. The second-order valence-electron chi connectivity index (χ2n) is 5.77. The Balaban J connectivity index is 2.39. The molecule has 0 fully saturated rings. The SMILES string of the molecule is CC(C)(C)C(N)c1ccc2c(c1)C(=O)NCC2. The number of nitrogens with two attached hydrogens (primary N) is 1. The van der Waals surface area contributed by atoms with Gasteiger partial charge in [-0.25, -0.2) is 0 Å². The van der Waals surface area contributed by atoms with E-state index in [2.05, 4.69) is 26.1 Å². The van der Waals surface area contributed by atoms with Crippen molar-refractivity contribution in [3.63, 3.8) is 0 Å². The highest BCUT2D eigenvalue weighted by Crippen LogP contribution is 2.31. The summed E-state index contributed by atoms with van der Waals surface area (Å²) in [6.45, 7) is 7.06. The molecule has 0 saturated carbocycles. The number of hydrogen-bond acceptors (Lipinski definition) is 2. The molecule has 2 rings (SSSR count). The lowest BCUT2D eigenvalue weighted by molar-refractivity contribution is 0.0945. The minimum absolute atomic E-state index is 0.000615. The van der Waals surface area contributed by atoms with Crippen LogP contribution in [0.15, 0.2) is 18.2 Å². The van der Waals surface area contributed by atoms with E-state index in [1.165, 1.54) is 0 Å². The summed E-state index contributed by atoms with van der Waals surface area (Å²) in [6.07, 6.45) is 0.909. The molecule has 0 aromatic heterocycles. The van der Waals surface area contributed by atoms with Gasteiger partial charge in [0.25, 0.3) is 5.91 Å². The summed E-state index contributed by atoms with van der Waals surface area (Å²) in [5.41, 5.74) is 9.16. The topological polar surface area (TPSA) is 55.1 Å². The van der Waals surface area contributed by atoms with Gasteiger partial charge in [0.05, 0.1) is 0 Å². The smallest absolute Gasteiger partial charge is 0.251 e. The van der Waals surface area contributed by atoms with Crippen LogP contribution >= 0.6 is 0 Å². The van der Waals surface area contributed by atoms with E-state index in [1.54, 1.807) is 0 Å². The quantitative estimate of drug-likeness (QED) is 0.778. The molecule has 1 amide bonds. The Morgan fingerprint density at radius 1 is 1.35 bits per heavy atom. The monoisotopic (exact) mass is 232 g/mol. The fourth-order valence-electron chi connectivity index (χ4n) is 2.12. The molecule has 0 bridgehead atoms. The average Bonchev–Trinajstić information content (AvgIpc) is 2.27. The van der Waals surface area contributed by atoms with Gasteiger partial charge in [-0.3, -0.25) is 4.79 Å². The summed E-state index contributed by atoms with van der Waals surface area (Å²) in [5, 5.41) is 2.86. The second-order valence-corrected chi connectivity index (χ2v) is 5.77. The molecule has 0 aliphatic carbocycles. The van der Waals surface area contributed by atoms with E-state index in [9.17, 15) is 4.79 Å². The van der Waals surface area contributed by atoms with E-state index in [0.29, 0.717) is 0 Å². The summed E-state index contributed by atoms with van der Waals surface area (Å²) in [6, 6.07) is 5.98. The third kappa shape index (κ3) is 2.34. The number of carbonyl (C=O) groups excluding carboxylic acids is 1. The molecule has 17 heavy (non-hydrogen) atoms. The lowest BCUT2D eigenvalue weighted by Gasteiger charge is -2.28. The summed E-state index contributed by atoms with van der Waals surface area (Å²) >= 11 is 0. The standard InChI is InChI=1S/C14H20N2O/c1-14(2,3)12(15)10-5-4-9-6-7-16-13(17)11(9)8-10/h4-5,8,12H,6-7,15H2,1-3H3,(H,16,17). The van der Waals surface area contributed by atoms with Gasteiger partial charge < -0.3 is 11.1 Å². The van der Waals surface area contributed by atoms with Crippen LogP contribution in [0.4, 0.5) is 0 Å². The van der Waals surface area contributed by atoms with Crippen molar-refractivity contribution in [3.05, 3.63) is 34.9 Å². The zero-order valence-electron chi connectivity index (χ0n) is 10.7. The van der Waals surface area contributed by atoms with E-state index < -0.39 is 0 Å². The van der Waals surface area contributed by atoms with E-state index in [-0.39, 0.29) is 17.4 Å². The maximum atomic E-state index is 11.8. The van der Waals surface area contributed by atoms with Gasteiger partial charge in [0.15, 0.2) is 0 Å². The Morgan fingerprint density at radius 2 is 2.06 bits per heavy atom. The molecule has 1 aromatic rings. The molecule has 3 N–H and O–H groups in total. The Hall–Kier alpha value is -1.35. The van der Waals surface area contributed by atoms with Gasteiger partial charge in [-0.05, 0) is 29.0 Å². The van der Waals surface area contributed by atoms with Crippen molar-refractivity contribution in [2.45, 2.75) is 33.2 Å². The van der Waals surface area contributed by atoms with Gasteiger partial charge in [0, 0.05) is 18.2 Å². The Labute approximate surface area is 102 Å². The van der Waals surface area contributed by atoms with Gasteiger partial charge in [-0.2, -0.15) is 0 Å². The van der Waals surface area contributed by atoms with Crippen LogP contribution < -0.4 is 11.1 Å². The Bertz CT molecular complexity index is 446. The number of fused-ring (bicyclic) bond motifs is 1. The predicted octanol–water partition coefficient (Wildman–Crippen LogP) is 2.02. The minimum Gasteiger partial charge on any atom is -0.352 e. The maximum absolute atomic E-state index is 11.8. The van der Waals surface area contributed by atoms with Gasteiger partial charge in [0.1, 0.15) is 0 Å². The fraction of sp³-hybridized carbons (Fsp3) is 0.500. The maximum Gasteiger partial charge on any atom is 0.251 e. The van der Waals surface area contributed by atoms with Crippen molar-refractivity contribution in [3.8, 4) is 0 Å². The second kappa shape index (κ2) is 4.15. The third-order valence-electron chi connectivity index (χ3n) is 3.35. The number of amides is 1. The lowest BCUT2D eigenvalue weighted by Crippen LogP contribution is -2.33.